The van der Waals surface area contributed by atoms with Crippen LogP contribution in [0, 0.1) is 5.41 Å². The van der Waals surface area contributed by atoms with Gasteiger partial charge < -0.3 is 10.2 Å². The van der Waals surface area contributed by atoms with Gasteiger partial charge in [-0.25, -0.2) is 0 Å². The third-order valence-electron chi connectivity index (χ3n) is 2.80. The SMILES string of the molecule is CC.CCC(O)C(C)(C)C(C)(C)O. The van der Waals surface area contributed by atoms with Crippen LogP contribution < -0.4 is 0 Å². The molecular weight excluding hydrogens is 164 g/mol. The monoisotopic (exact) mass is 190 g/mol. The molecule has 0 aliphatic carbocycles. The van der Waals surface area contributed by atoms with Crippen LogP contribution in [0.2, 0.25) is 0 Å². The molecule has 0 rings (SSSR count). The summed E-state index contributed by atoms with van der Waals surface area (Å²) in [5.41, 5.74) is -1.27. The molecule has 0 fully saturated rings. The highest BCUT2D eigenvalue weighted by molar-refractivity contribution is 4.90. The number of aliphatic hydroxyl groups excluding tert-OH is 1. The Balaban J connectivity index is 0. The predicted molar refractivity (Wildman–Crippen MR) is 57.7 cm³/mol. The van der Waals surface area contributed by atoms with E-state index in [1.807, 2.05) is 34.6 Å². The van der Waals surface area contributed by atoms with Crippen molar-refractivity contribution in [1.29, 1.82) is 0 Å². The summed E-state index contributed by atoms with van der Waals surface area (Å²) in [5.74, 6) is 0. The van der Waals surface area contributed by atoms with Crippen molar-refractivity contribution in [3.05, 3.63) is 0 Å². The van der Waals surface area contributed by atoms with Crippen LogP contribution in [0.1, 0.15) is 54.9 Å². The number of aliphatic hydroxyl groups is 2. The Morgan fingerprint density at radius 3 is 1.46 bits per heavy atom. The fourth-order valence-corrected chi connectivity index (χ4v) is 0.918. The smallest absolute Gasteiger partial charge is 0.0667 e. The molecule has 2 heteroatoms. The van der Waals surface area contributed by atoms with Crippen molar-refractivity contribution in [3.8, 4) is 0 Å². The zero-order chi connectivity index (χ0) is 11.3. The highest BCUT2D eigenvalue weighted by atomic mass is 16.3. The van der Waals surface area contributed by atoms with Crippen molar-refractivity contribution in [2.75, 3.05) is 0 Å². The van der Waals surface area contributed by atoms with Gasteiger partial charge in [-0.1, -0.05) is 34.6 Å². The van der Waals surface area contributed by atoms with Gasteiger partial charge in [0.15, 0.2) is 0 Å². The van der Waals surface area contributed by atoms with Gasteiger partial charge in [0.25, 0.3) is 0 Å². The molecule has 0 bridgehead atoms. The molecule has 0 amide bonds. The van der Waals surface area contributed by atoms with Gasteiger partial charge in [-0.15, -0.1) is 0 Å². The maximum Gasteiger partial charge on any atom is 0.0667 e. The second kappa shape index (κ2) is 5.61. The first-order chi connectivity index (χ1) is 5.73. The van der Waals surface area contributed by atoms with E-state index in [0.717, 1.165) is 0 Å². The Kier molecular flexibility index (Phi) is 6.64. The van der Waals surface area contributed by atoms with E-state index in [1.54, 1.807) is 13.8 Å². The van der Waals surface area contributed by atoms with Gasteiger partial charge in [-0.3, -0.25) is 0 Å². The third-order valence-corrected chi connectivity index (χ3v) is 2.80. The average molecular weight is 190 g/mol. The molecule has 0 aromatic heterocycles. The predicted octanol–water partition coefficient (Wildman–Crippen LogP) is 2.58. The summed E-state index contributed by atoms with van der Waals surface area (Å²) in [6.07, 6.45) is 0.235. The van der Waals surface area contributed by atoms with Crippen molar-refractivity contribution in [2.24, 2.45) is 5.41 Å². The lowest BCUT2D eigenvalue weighted by Gasteiger charge is -2.40. The topological polar surface area (TPSA) is 40.5 Å². The van der Waals surface area contributed by atoms with Crippen LogP contribution >= 0.6 is 0 Å². The van der Waals surface area contributed by atoms with Gasteiger partial charge in [-0.05, 0) is 20.3 Å². The third kappa shape index (κ3) is 4.10. The number of hydrogen-bond donors (Lipinski definition) is 2. The standard InChI is InChI=1S/C9H20O2.C2H6/c1-6-7(10)8(2,3)9(4,5)11;1-2/h7,10-11H,6H2,1-5H3;1-2H3. The van der Waals surface area contributed by atoms with Gasteiger partial charge in [0.1, 0.15) is 0 Å². The number of rotatable bonds is 3. The number of hydrogen-bond acceptors (Lipinski definition) is 2. The lowest BCUT2D eigenvalue weighted by Crippen LogP contribution is -2.47. The first-order valence-electron chi connectivity index (χ1n) is 5.14. The lowest BCUT2D eigenvalue weighted by atomic mass is 9.72. The van der Waals surface area contributed by atoms with E-state index in [0.29, 0.717) is 6.42 Å². The van der Waals surface area contributed by atoms with Gasteiger partial charge in [0, 0.05) is 5.41 Å². The maximum atomic E-state index is 9.69. The maximum absolute atomic E-state index is 9.69. The molecule has 82 valence electrons. The van der Waals surface area contributed by atoms with Crippen LogP contribution in [0.25, 0.3) is 0 Å². The summed E-state index contributed by atoms with van der Waals surface area (Å²) < 4.78 is 0. The van der Waals surface area contributed by atoms with Crippen molar-refractivity contribution in [2.45, 2.75) is 66.6 Å². The second-order valence-corrected chi connectivity index (χ2v) is 4.20. The highest BCUT2D eigenvalue weighted by Crippen LogP contribution is 2.34. The van der Waals surface area contributed by atoms with E-state index in [4.69, 9.17) is 0 Å². The van der Waals surface area contributed by atoms with E-state index in [9.17, 15) is 10.2 Å². The van der Waals surface area contributed by atoms with Gasteiger partial charge >= 0.3 is 0 Å². The molecule has 1 unspecified atom stereocenters. The molecule has 0 saturated carbocycles. The Morgan fingerprint density at radius 2 is 1.38 bits per heavy atom. The molecule has 0 heterocycles. The summed E-state index contributed by atoms with van der Waals surface area (Å²) in [7, 11) is 0. The quantitative estimate of drug-likeness (QED) is 0.718. The molecular formula is C11H26O2. The van der Waals surface area contributed by atoms with Crippen molar-refractivity contribution in [3.63, 3.8) is 0 Å². The van der Waals surface area contributed by atoms with Crippen LogP contribution in [0.3, 0.4) is 0 Å². The van der Waals surface area contributed by atoms with Gasteiger partial charge in [0.2, 0.25) is 0 Å². The zero-order valence-electron chi connectivity index (χ0n) is 10.2. The molecule has 13 heavy (non-hydrogen) atoms. The first-order valence-corrected chi connectivity index (χ1v) is 5.14. The molecule has 0 radical (unpaired) electrons. The Bertz CT molecular complexity index is 123. The van der Waals surface area contributed by atoms with E-state index in [-0.39, 0.29) is 0 Å². The minimum atomic E-state index is -0.831. The molecule has 0 aromatic rings. The average Bonchev–Trinajstić information content (AvgIpc) is 2.04. The lowest BCUT2D eigenvalue weighted by molar-refractivity contribution is -0.104. The minimum absolute atomic E-state index is 0.442. The summed E-state index contributed by atoms with van der Waals surface area (Å²) in [6.45, 7) is 13.1. The minimum Gasteiger partial charge on any atom is -0.392 e. The summed E-state index contributed by atoms with van der Waals surface area (Å²) >= 11 is 0. The molecule has 0 aliphatic heterocycles. The molecule has 0 aliphatic rings. The summed E-state index contributed by atoms with van der Waals surface area (Å²) in [4.78, 5) is 0. The van der Waals surface area contributed by atoms with Crippen LogP contribution in [0.4, 0.5) is 0 Å². The van der Waals surface area contributed by atoms with Crippen molar-refractivity contribution in [1.82, 2.24) is 0 Å². The van der Waals surface area contributed by atoms with Crippen LogP contribution in [-0.4, -0.2) is 21.9 Å². The fourth-order valence-electron chi connectivity index (χ4n) is 0.918. The van der Waals surface area contributed by atoms with Gasteiger partial charge in [0.05, 0.1) is 11.7 Å². The molecule has 0 spiro atoms. The Hall–Kier alpha value is -0.0800. The van der Waals surface area contributed by atoms with E-state index >= 15 is 0 Å². The highest BCUT2D eigenvalue weighted by Gasteiger charge is 2.40. The van der Waals surface area contributed by atoms with E-state index < -0.39 is 17.1 Å². The molecule has 0 saturated heterocycles. The molecule has 1 atom stereocenters. The Labute approximate surface area is 83.0 Å². The zero-order valence-corrected chi connectivity index (χ0v) is 10.2. The van der Waals surface area contributed by atoms with E-state index in [2.05, 4.69) is 0 Å². The van der Waals surface area contributed by atoms with E-state index in [1.165, 1.54) is 0 Å². The fraction of sp³-hybridized carbons (Fsp3) is 1.00. The van der Waals surface area contributed by atoms with Crippen molar-refractivity contribution >= 4 is 0 Å². The van der Waals surface area contributed by atoms with Gasteiger partial charge in [-0.2, -0.15) is 0 Å². The molecule has 2 N–H and O–H groups in total. The second-order valence-electron chi connectivity index (χ2n) is 4.20. The Morgan fingerprint density at radius 1 is 1.08 bits per heavy atom. The molecule has 0 aromatic carbocycles. The molecule has 2 nitrogen and oxygen atoms in total. The van der Waals surface area contributed by atoms with Crippen LogP contribution in [0.15, 0.2) is 0 Å². The largest absolute Gasteiger partial charge is 0.392 e. The van der Waals surface area contributed by atoms with Crippen LogP contribution in [0.5, 0.6) is 0 Å². The van der Waals surface area contributed by atoms with Crippen LogP contribution in [-0.2, 0) is 0 Å². The first kappa shape index (κ1) is 15.4. The normalized spacial score (nSPS) is 14.5. The summed E-state index contributed by atoms with van der Waals surface area (Å²) in [5, 5.41) is 19.2. The summed E-state index contributed by atoms with van der Waals surface area (Å²) in [6, 6.07) is 0. The van der Waals surface area contributed by atoms with Crippen molar-refractivity contribution < 1.29 is 10.2 Å².